The minimum Gasteiger partial charge on any atom is -0.396 e. The van der Waals surface area contributed by atoms with Gasteiger partial charge in [0.15, 0.2) is 11.5 Å². The van der Waals surface area contributed by atoms with Crippen molar-refractivity contribution in [2.75, 3.05) is 18.9 Å². The van der Waals surface area contributed by atoms with Gasteiger partial charge < -0.3 is 25.6 Å². The van der Waals surface area contributed by atoms with Crippen LogP contribution in [0.25, 0.3) is 11.2 Å². The van der Waals surface area contributed by atoms with E-state index in [1.165, 1.54) is 6.33 Å². The Labute approximate surface area is 121 Å². The van der Waals surface area contributed by atoms with E-state index < -0.39 is 6.10 Å². The highest BCUT2D eigenvalue weighted by Gasteiger charge is 2.37. The van der Waals surface area contributed by atoms with Crippen molar-refractivity contribution in [2.45, 2.75) is 25.0 Å². The highest BCUT2D eigenvalue weighted by Crippen LogP contribution is 2.37. The fraction of sp³-hybridized carbons (Fsp3) is 0.615. The molecule has 0 spiro atoms. The summed E-state index contributed by atoms with van der Waals surface area (Å²) in [5.74, 6) is 0.159. The number of rotatable bonds is 3. The summed E-state index contributed by atoms with van der Waals surface area (Å²) in [4.78, 5) is 12.3. The minimum absolute atomic E-state index is 0.0157. The second-order valence-corrected chi connectivity index (χ2v) is 5.57. The molecular weight excluding hydrogens is 274 g/mol. The van der Waals surface area contributed by atoms with Crippen molar-refractivity contribution < 1.29 is 15.3 Å². The van der Waals surface area contributed by atoms with Gasteiger partial charge in [-0.3, -0.25) is 0 Å². The number of hydrogen-bond donors (Lipinski definition) is 4. The normalized spacial score (nSPS) is 29.9. The van der Waals surface area contributed by atoms with E-state index in [1.54, 1.807) is 10.9 Å². The topological polar surface area (TPSA) is 130 Å². The van der Waals surface area contributed by atoms with Crippen LogP contribution in [-0.2, 0) is 0 Å². The zero-order valence-electron chi connectivity index (χ0n) is 11.5. The molecular formula is C13H19N5O3. The van der Waals surface area contributed by atoms with Crippen LogP contribution in [0.1, 0.15) is 18.9 Å². The molecule has 3 rings (SSSR count). The maximum absolute atomic E-state index is 10.4. The highest BCUT2D eigenvalue weighted by atomic mass is 16.3. The molecule has 4 unspecified atom stereocenters. The lowest BCUT2D eigenvalue weighted by atomic mass is 9.76. The number of nitrogen functional groups attached to an aromatic ring is 1. The van der Waals surface area contributed by atoms with Crippen LogP contribution in [0.15, 0.2) is 12.7 Å². The number of aromatic nitrogens is 4. The van der Waals surface area contributed by atoms with Gasteiger partial charge in [-0.15, -0.1) is 0 Å². The van der Waals surface area contributed by atoms with Crippen molar-refractivity contribution in [3.05, 3.63) is 12.7 Å². The number of aliphatic hydroxyl groups is 3. The predicted molar refractivity (Wildman–Crippen MR) is 75.2 cm³/mol. The standard InChI is InChI=1S/C13H19N5O3/c14-12-11-13(16-5-15-12)18(6-17-11)9-1-7(3-19)8(4-20)2-10(9)21/h5-10,19-21H,1-4H2,(H2,14,15,16). The third-order valence-electron chi connectivity index (χ3n) is 4.41. The van der Waals surface area contributed by atoms with Crippen LogP contribution in [0.2, 0.25) is 0 Å². The molecule has 2 heterocycles. The fourth-order valence-electron chi connectivity index (χ4n) is 3.18. The molecule has 2 aromatic heterocycles. The van der Waals surface area contributed by atoms with Crippen molar-refractivity contribution >= 4 is 17.0 Å². The number of imidazole rings is 1. The Hall–Kier alpha value is -1.77. The van der Waals surface area contributed by atoms with Crippen molar-refractivity contribution in [1.82, 2.24) is 19.5 Å². The van der Waals surface area contributed by atoms with Gasteiger partial charge in [0.05, 0.1) is 18.5 Å². The van der Waals surface area contributed by atoms with Crippen molar-refractivity contribution in [2.24, 2.45) is 11.8 Å². The number of fused-ring (bicyclic) bond motifs is 1. The van der Waals surface area contributed by atoms with Gasteiger partial charge in [0.1, 0.15) is 11.8 Å². The van der Waals surface area contributed by atoms with Crippen LogP contribution in [0.3, 0.4) is 0 Å². The van der Waals surface area contributed by atoms with E-state index in [1.807, 2.05) is 0 Å². The summed E-state index contributed by atoms with van der Waals surface area (Å²) >= 11 is 0. The van der Waals surface area contributed by atoms with Crippen LogP contribution < -0.4 is 5.73 Å². The van der Waals surface area contributed by atoms with Crippen molar-refractivity contribution in [3.8, 4) is 0 Å². The Bertz CT molecular complexity index is 631. The molecule has 1 fully saturated rings. The van der Waals surface area contributed by atoms with Gasteiger partial charge in [-0.1, -0.05) is 0 Å². The van der Waals surface area contributed by atoms with Crippen LogP contribution in [-0.4, -0.2) is 54.2 Å². The van der Waals surface area contributed by atoms with Gasteiger partial charge in [0.2, 0.25) is 0 Å². The molecule has 21 heavy (non-hydrogen) atoms. The number of nitrogens with two attached hydrogens (primary N) is 1. The smallest absolute Gasteiger partial charge is 0.165 e. The van der Waals surface area contributed by atoms with Gasteiger partial charge in [-0.25, -0.2) is 15.0 Å². The average molecular weight is 293 g/mol. The third kappa shape index (κ3) is 2.35. The highest BCUT2D eigenvalue weighted by molar-refractivity contribution is 5.81. The predicted octanol–water partition coefficient (Wildman–Crippen LogP) is -0.679. The molecule has 2 aromatic rings. The van der Waals surface area contributed by atoms with Crippen LogP contribution >= 0.6 is 0 Å². The molecule has 0 saturated heterocycles. The lowest BCUT2D eigenvalue weighted by Crippen LogP contribution is -2.39. The number of aliphatic hydroxyl groups excluding tert-OH is 3. The Morgan fingerprint density at radius 3 is 2.57 bits per heavy atom. The van der Waals surface area contributed by atoms with E-state index >= 15 is 0 Å². The number of nitrogens with zero attached hydrogens (tertiary/aromatic N) is 4. The molecule has 0 radical (unpaired) electrons. The maximum atomic E-state index is 10.4. The van der Waals surface area contributed by atoms with Gasteiger partial charge in [0.25, 0.3) is 0 Å². The Morgan fingerprint density at radius 1 is 1.14 bits per heavy atom. The summed E-state index contributed by atoms with van der Waals surface area (Å²) in [7, 11) is 0. The molecule has 8 nitrogen and oxygen atoms in total. The Balaban J connectivity index is 1.96. The second kappa shape index (κ2) is 5.55. The molecule has 0 bridgehead atoms. The quantitative estimate of drug-likeness (QED) is 0.590. The first-order valence-corrected chi connectivity index (χ1v) is 6.98. The van der Waals surface area contributed by atoms with Crippen LogP contribution in [0.5, 0.6) is 0 Å². The van der Waals surface area contributed by atoms with E-state index in [2.05, 4.69) is 15.0 Å². The van der Waals surface area contributed by atoms with Gasteiger partial charge >= 0.3 is 0 Å². The molecule has 0 amide bonds. The van der Waals surface area contributed by atoms with Crippen molar-refractivity contribution in [3.63, 3.8) is 0 Å². The van der Waals surface area contributed by atoms with E-state index in [0.717, 1.165) is 0 Å². The molecule has 0 aliphatic heterocycles. The monoisotopic (exact) mass is 293 g/mol. The first-order chi connectivity index (χ1) is 10.2. The van der Waals surface area contributed by atoms with Gasteiger partial charge in [-0.2, -0.15) is 0 Å². The summed E-state index contributed by atoms with van der Waals surface area (Å²) in [6, 6.07) is -0.246. The zero-order chi connectivity index (χ0) is 15.0. The first-order valence-electron chi connectivity index (χ1n) is 6.98. The second-order valence-electron chi connectivity index (χ2n) is 5.57. The molecule has 8 heteroatoms. The summed E-state index contributed by atoms with van der Waals surface area (Å²) < 4.78 is 1.79. The van der Waals surface area contributed by atoms with E-state index in [9.17, 15) is 15.3 Å². The van der Waals surface area contributed by atoms with Gasteiger partial charge in [0, 0.05) is 13.2 Å². The zero-order valence-corrected chi connectivity index (χ0v) is 11.5. The number of anilines is 1. The van der Waals surface area contributed by atoms with Crippen LogP contribution in [0, 0.1) is 11.8 Å². The Kier molecular flexibility index (Phi) is 3.75. The minimum atomic E-state index is -0.626. The van der Waals surface area contributed by atoms with E-state index in [4.69, 9.17) is 5.73 Å². The lowest BCUT2D eigenvalue weighted by Gasteiger charge is -2.38. The molecule has 5 N–H and O–H groups in total. The molecule has 1 saturated carbocycles. The third-order valence-corrected chi connectivity index (χ3v) is 4.41. The summed E-state index contributed by atoms with van der Waals surface area (Å²) in [5, 5.41) is 29.2. The van der Waals surface area contributed by atoms with Crippen molar-refractivity contribution in [1.29, 1.82) is 0 Å². The van der Waals surface area contributed by atoms with Crippen LogP contribution in [0.4, 0.5) is 5.82 Å². The lowest BCUT2D eigenvalue weighted by molar-refractivity contribution is -0.0139. The molecule has 114 valence electrons. The van der Waals surface area contributed by atoms with E-state index in [-0.39, 0.29) is 31.1 Å². The van der Waals surface area contributed by atoms with Gasteiger partial charge in [-0.05, 0) is 24.7 Å². The summed E-state index contributed by atoms with van der Waals surface area (Å²) in [6.45, 7) is -0.0486. The average Bonchev–Trinajstić information content (AvgIpc) is 2.92. The fourth-order valence-corrected chi connectivity index (χ4v) is 3.18. The summed E-state index contributed by atoms with van der Waals surface area (Å²) in [5.41, 5.74) is 6.85. The molecule has 1 aliphatic carbocycles. The SMILES string of the molecule is Nc1ncnc2c1ncn2C1CC(CO)C(CO)CC1O. The molecule has 4 atom stereocenters. The molecule has 0 aromatic carbocycles. The Morgan fingerprint density at radius 2 is 1.86 bits per heavy atom. The first kappa shape index (κ1) is 14.2. The largest absolute Gasteiger partial charge is 0.396 e. The maximum Gasteiger partial charge on any atom is 0.165 e. The summed E-state index contributed by atoms with van der Waals surface area (Å²) in [6.07, 6.45) is 3.33. The van der Waals surface area contributed by atoms with E-state index in [0.29, 0.717) is 29.8 Å². The molecule has 1 aliphatic rings. The number of hydrogen-bond acceptors (Lipinski definition) is 7.